The third-order valence-electron chi connectivity index (χ3n) is 5.20. The average Bonchev–Trinajstić information content (AvgIpc) is 3.22. The Kier molecular flexibility index (Phi) is 4.29. The summed E-state index contributed by atoms with van der Waals surface area (Å²) < 4.78 is 0. The molecule has 0 spiro atoms. The minimum atomic E-state index is -0.931. The molecule has 0 saturated carbocycles. The maximum atomic E-state index is 13.0. The van der Waals surface area contributed by atoms with Crippen LogP contribution in [0.25, 0.3) is 0 Å². The number of rotatable bonds is 4. The number of imide groups is 2. The number of nitrogens with zero attached hydrogens (tertiary/aromatic N) is 1. The predicted octanol–water partition coefficient (Wildman–Crippen LogP) is -0.461. The van der Waals surface area contributed by atoms with Crippen molar-refractivity contribution in [2.45, 2.75) is 37.9 Å². The van der Waals surface area contributed by atoms with E-state index in [1.165, 1.54) is 0 Å². The highest BCUT2D eigenvalue weighted by molar-refractivity contribution is 6.24. The van der Waals surface area contributed by atoms with Gasteiger partial charge in [-0.3, -0.25) is 29.4 Å². The molecule has 2 saturated heterocycles. The molecule has 136 valence electrons. The lowest BCUT2D eigenvalue weighted by atomic mass is 10.0. The van der Waals surface area contributed by atoms with Crippen LogP contribution in [0.4, 0.5) is 0 Å². The Labute approximate surface area is 150 Å². The number of fused-ring (bicyclic) bond motifs is 1. The summed E-state index contributed by atoms with van der Waals surface area (Å²) in [5.41, 5.74) is 1.44. The summed E-state index contributed by atoms with van der Waals surface area (Å²) in [6.45, 7) is 2.33. The molecule has 0 radical (unpaired) electrons. The van der Waals surface area contributed by atoms with E-state index in [-0.39, 0.29) is 18.7 Å². The first-order valence-corrected chi connectivity index (χ1v) is 8.84. The van der Waals surface area contributed by atoms with Gasteiger partial charge >= 0.3 is 0 Å². The summed E-state index contributed by atoms with van der Waals surface area (Å²) in [5, 5.41) is 8.88. The van der Waals surface area contributed by atoms with Crippen molar-refractivity contribution in [3.63, 3.8) is 0 Å². The Balaban J connectivity index is 1.58. The number of carbonyl (C=O) groups is 4. The fourth-order valence-electron chi connectivity index (χ4n) is 3.82. The molecule has 8 nitrogen and oxygen atoms in total. The zero-order valence-corrected chi connectivity index (χ0v) is 14.2. The van der Waals surface area contributed by atoms with Crippen molar-refractivity contribution in [1.29, 1.82) is 0 Å². The number of piperidine rings is 1. The van der Waals surface area contributed by atoms with Gasteiger partial charge in [0.25, 0.3) is 11.8 Å². The molecular weight excluding hydrogens is 336 g/mol. The molecule has 1 aromatic rings. The van der Waals surface area contributed by atoms with Crippen molar-refractivity contribution in [3.05, 3.63) is 34.9 Å². The second-order valence-electron chi connectivity index (χ2n) is 6.86. The van der Waals surface area contributed by atoms with Crippen LogP contribution in [0, 0.1) is 0 Å². The molecule has 3 aliphatic heterocycles. The molecule has 2 atom stereocenters. The van der Waals surface area contributed by atoms with Gasteiger partial charge in [-0.05, 0) is 31.0 Å². The quantitative estimate of drug-likeness (QED) is 0.630. The molecule has 1 unspecified atom stereocenters. The molecule has 26 heavy (non-hydrogen) atoms. The van der Waals surface area contributed by atoms with E-state index in [1.807, 2.05) is 6.07 Å². The maximum Gasteiger partial charge on any atom is 0.262 e. The van der Waals surface area contributed by atoms with Crippen LogP contribution in [0.5, 0.6) is 0 Å². The standard InChI is InChI=1S/C18H20N4O4/c23-14-5-4-13(16(24)21-14)22-17(25)12-3-1-2-10(15(12)18(22)26)8-20-11-6-7-19-9-11/h1-3,11,13,19-20H,4-9H2,(H,21,23,24)/t11-,13?/m0/s1. The van der Waals surface area contributed by atoms with Gasteiger partial charge in [0.1, 0.15) is 6.04 Å². The number of hydrogen-bond acceptors (Lipinski definition) is 6. The molecule has 0 aliphatic carbocycles. The predicted molar refractivity (Wildman–Crippen MR) is 91.2 cm³/mol. The third-order valence-corrected chi connectivity index (χ3v) is 5.20. The summed E-state index contributed by atoms with van der Waals surface area (Å²) in [6, 6.07) is 4.60. The van der Waals surface area contributed by atoms with Crippen molar-refractivity contribution in [1.82, 2.24) is 20.9 Å². The number of hydrogen-bond donors (Lipinski definition) is 3. The van der Waals surface area contributed by atoms with Gasteiger partial charge in [-0.1, -0.05) is 12.1 Å². The summed E-state index contributed by atoms with van der Waals surface area (Å²) >= 11 is 0. The normalized spacial score (nSPS) is 25.6. The molecule has 3 aliphatic rings. The molecule has 2 fully saturated rings. The minimum absolute atomic E-state index is 0.118. The zero-order valence-electron chi connectivity index (χ0n) is 14.2. The van der Waals surface area contributed by atoms with Crippen LogP contribution in [0.3, 0.4) is 0 Å². The highest BCUT2D eigenvalue weighted by Crippen LogP contribution is 2.30. The number of amides is 4. The first-order valence-electron chi connectivity index (χ1n) is 8.84. The van der Waals surface area contributed by atoms with Crippen LogP contribution in [0.2, 0.25) is 0 Å². The highest BCUT2D eigenvalue weighted by atomic mass is 16.2. The number of carbonyl (C=O) groups excluding carboxylic acids is 4. The zero-order chi connectivity index (χ0) is 18.3. The van der Waals surface area contributed by atoms with Crippen LogP contribution in [-0.2, 0) is 16.1 Å². The Morgan fingerprint density at radius 1 is 1.12 bits per heavy atom. The van der Waals surface area contributed by atoms with Crippen molar-refractivity contribution >= 4 is 23.6 Å². The fraction of sp³-hybridized carbons (Fsp3) is 0.444. The largest absolute Gasteiger partial charge is 0.315 e. The van der Waals surface area contributed by atoms with E-state index in [2.05, 4.69) is 16.0 Å². The SMILES string of the molecule is O=C1CCC(N2C(=O)c3cccc(CN[C@H]4CCNC4)c3C2=O)C(=O)N1. The third kappa shape index (κ3) is 2.81. The molecule has 3 N–H and O–H groups in total. The van der Waals surface area contributed by atoms with Gasteiger partial charge in [0.15, 0.2) is 0 Å². The number of benzene rings is 1. The Hall–Kier alpha value is -2.58. The van der Waals surface area contributed by atoms with E-state index in [0.717, 1.165) is 30.0 Å². The first kappa shape index (κ1) is 16.9. The van der Waals surface area contributed by atoms with E-state index < -0.39 is 23.8 Å². The van der Waals surface area contributed by atoms with E-state index in [1.54, 1.807) is 12.1 Å². The Bertz CT molecular complexity index is 800. The lowest BCUT2D eigenvalue weighted by molar-refractivity contribution is -0.136. The van der Waals surface area contributed by atoms with Gasteiger partial charge in [-0.15, -0.1) is 0 Å². The number of nitrogens with one attached hydrogen (secondary N) is 3. The first-order chi connectivity index (χ1) is 12.6. The van der Waals surface area contributed by atoms with E-state index in [0.29, 0.717) is 23.7 Å². The highest BCUT2D eigenvalue weighted by Gasteiger charge is 2.45. The van der Waals surface area contributed by atoms with E-state index in [9.17, 15) is 19.2 Å². The van der Waals surface area contributed by atoms with Gasteiger partial charge in [0, 0.05) is 25.6 Å². The van der Waals surface area contributed by atoms with Gasteiger partial charge in [-0.25, -0.2) is 0 Å². The van der Waals surface area contributed by atoms with Gasteiger partial charge in [0.2, 0.25) is 11.8 Å². The lowest BCUT2D eigenvalue weighted by Gasteiger charge is -2.27. The molecule has 1 aromatic carbocycles. The summed E-state index contributed by atoms with van der Waals surface area (Å²) in [5.74, 6) is -1.89. The van der Waals surface area contributed by atoms with Crippen LogP contribution in [0.15, 0.2) is 18.2 Å². The van der Waals surface area contributed by atoms with Gasteiger partial charge < -0.3 is 10.6 Å². The lowest BCUT2D eigenvalue weighted by Crippen LogP contribution is -2.54. The van der Waals surface area contributed by atoms with Crippen LogP contribution in [-0.4, -0.2) is 53.7 Å². The minimum Gasteiger partial charge on any atom is -0.315 e. The van der Waals surface area contributed by atoms with Gasteiger partial charge in [-0.2, -0.15) is 0 Å². The van der Waals surface area contributed by atoms with Crippen molar-refractivity contribution < 1.29 is 19.2 Å². The van der Waals surface area contributed by atoms with Crippen molar-refractivity contribution in [3.8, 4) is 0 Å². The van der Waals surface area contributed by atoms with Crippen LogP contribution >= 0.6 is 0 Å². The molecule has 4 rings (SSSR count). The molecule has 0 bridgehead atoms. The molecule has 4 amide bonds. The summed E-state index contributed by atoms with van der Waals surface area (Å²) in [6.07, 6.45) is 1.30. The van der Waals surface area contributed by atoms with E-state index >= 15 is 0 Å². The molecular formula is C18H20N4O4. The molecule has 8 heteroatoms. The molecule has 0 aromatic heterocycles. The molecule has 3 heterocycles. The van der Waals surface area contributed by atoms with Crippen LogP contribution in [0.1, 0.15) is 45.5 Å². The smallest absolute Gasteiger partial charge is 0.262 e. The Morgan fingerprint density at radius 2 is 1.96 bits per heavy atom. The maximum absolute atomic E-state index is 13.0. The van der Waals surface area contributed by atoms with E-state index in [4.69, 9.17) is 0 Å². The topological polar surface area (TPSA) is 108 Å². The van der Waals surface area contributed by atoms with Crippen molar-refractivity contribution in [2.75, 3.05) is 13.1 Å². The monoisotopic (exact) mass is 356 g/mol. The summed E-state index contributed by atoms with van der Waals surface area (Å²) in [7, 11) is 0. The second kappa shape index (κ2) is 6.62. The van der Waals surface area contributed by atoms with Crippen LogP contribution < -0.4 is 16.0 Å². The second-order valence-corrected chi connectivity index (χ2v) is 6.86. The summed E-state index contributed by atoms with van der Waals surface area (Å²) in [4.78, 5) is 50.2. The van der Waals surface area contributed by atoms with Crippen molar-refractivity contribution in [2.24, 2.45) is 0 Å². The Morgan fingerprint density at radius 3 is 2.69 bits per heavy atom. The average molecular weight is 356 g/mol. The van der Waals surface area contributed by atoms with Gasteiger partial charge in [0.05, 0.1) is 11.1 Å². The fourth-order valence-corrected chi connectivity index (χ4v) is 3.82.